The summed E-state index contributed by atoms with van der Waals surface area (Å²) < 4.78 is 7.86. The second kappa shape index (κ2) is 5.81. The fourth-order valence-corrected chi connectivity index (χ4v) is 3.17. The molecule has 0 spiro atoms. The number of hydrogen-bond donors (Lipinski definition) is 1. The van der Waals surface area contributed by atoms with Gasteiger partial charge in [-0.1, -0.05) is 30.3 Å². The number of carbonyl (C=O) groups excluding carboxylic acids is 1. The SMILES string of the molecule is CC1(C)Cn2cc(-c3ccc(Oc4ccccc4)cc3)cc2C(=O)N1. The van der Waals surface area contributed by atoms with Crippen molar-refractivity contribution in [3.63, 3.8) is 0 Å². The molecule has 4 rings (SSSR count). The molecular weight excluding hydrogens is 312 g/mol. The molecule has 4 nitrogen and oxygen atoms in total. The van der Waals surface area contributed by atoms with Crippen molar-refractivity contribution in [3.05, 3.63) is 72.6 Å². The molecule has 1 N–H and O–H groups in total. The van der Waals surface area contributed by atoms with Gasteiger partial charge in [-0.05, 0) is 49.7 Å². The minimum absolute atomic E-state index is 0.0217. The molecule has 126 valence electrons. The Balaban J connectivity index is 1.58. The van der Waals surface area contributed by atoms with E-state index < -0.39 is 0 Å². The first-order chi connectivity index (χ1) is 12.0. The highest BCUT2D eigenvalue weighted by Crippen LogP contribution is 2.29. The van der Waals surface area contributed by atoms with Crippen LogP contribution in [0.3, 0.4) is 0 Å². The monoisotopic (exact) mass is 332 g/mol. The van der Waals surface area contributed by atoms with Gasteiger partial charge in [-0.3, -0.25) is 4.79 Å². The summed E-state index contributed by atoms with van der Waals surface area (Å²) in [6, 6.07) is 19.6. The van der Waals surface area contributed by atoms with E-state index in [0.717, 1.165) is 29.2 Å². The molecule has 25 heavy (non-hydrogen) atoms. The van der Waals surface area contributed by atoms with E-state index >= 15 is 0 Å². The van der Waals surface area contributed by atoms with Gasteiger partial charge in [-0.15, -0.1) is 0 Å². The largest absolute Gasteiger partial charge is 0.457 e. The molecule has 4 heteroatoms. The van der Waals surface area contributed by atoms with Gasteiger partial charge in [0, 0.05) is 18.3 Å². The molecule has 0 saturated heterocycles. The lowest BCUT2D eigenvalue weighted by atomic mass is 10.0. The Morgan fingerprint density at radius 1 is 0.960 bits per heavy atom. The van der Waals surface area contributed by atoms with Crippen LogP contribution in [0.2, 0.25) is 0 Å². The molecule has 3 aromatic rings. The number of rotatable bonds is 3. The van der Waals surface area contributed by atoms with E-state index in [1.165, 1.54) is 0 Å². The van der Waals surface area contributed by atoms with Gasteiger partial charge in [-0.2, -0.15) is 0 Å². The van der Waals surface area contributed by atoms with Crippen molar-refractivity contribution < 1.29 is 9.53 Å². The minimum atomic E-state index is -0.228. The Hall–Kier alpha value is -3.01. The summed E-state index contributed by atoms with van der Waals surface area (Å²) in [7, 11) is 0. The number of fused-ring (bicyclic) bond motifs is 1. The first-order valence-electron chi connectivity index (χ1n) is 8.36. The Morgan fingerprint density at radius 3 is 2.36 bits per heavy atom. The van der Waals surface area contributed by atoms with Gasteiger partial charge in [-0.25, -0.2) is 0 Å². The van der Waals surface area contributed by atoms with Crippen molar-refractivity contribution >= 4 is 5.91 Å². The summed E-state index contributed by atoms with van der Waals surface area (Å²) >= 11 is 0. The fourth-order valence-electron chi connectivity index (χ4n) is 3.17. The van der Waals surface area contributed by atoms with Gasteiger partial charge in [0.15, 0.2) is 0 Å². The Kier molecular flexibility index (Phi) is 3.61. The Labute approximate surface area is 147 Å². The smallest absolute Gasteiger partial charge is 0.268 e. The van der Waals surface area contributed by atoms with Crippen LogP contribution in [0.15, 0.2) is 66.9 Å². The van der Waals surface area contributed by atoms with Gasteiger partial charge in [0.2, 0.25) is 0 Å². The van der Waals surface area contributed by atoms with Crippen molar-refractivity contribution in [1.29, 1.82) is 0 Å². The number of aromatic nitrogens is 1. The number of ether oxygens (including phenoxy) is 1. The highest BCUT2D eigenvalue weighted by atomic mass is 16.5. The van der Waals surface area contributed by atoms with E-state index in [-0.39, 0.29) is 11.4 Å². The zero-order valence-corrected chi connectivity index (χ0v) is 14.3. The number of nitrogens with zero attached hydrogens (tertiary/aromatic N) is 1. The first kappa shape index (κ1) is 15.5. The number of hydrogen-bond acceptors (Lipinski definition) is 2. The summed E-state index contributed by atoms with van der Waals surface area (Å²) in [6.45, 7) is 4.83. The Bertz CT molecular complexity index is 909. The van der Waals surface area contributed by atoms with Gasteiger partial charge < -0.3 is 14.6 Å². The van der Waals surface area contributed by atoms with Gasteiger partial charge >= 0.3 is 0 Å². The first-order valence-corrected chi connectivity index (χ1v) is 8.36. The lowest BCUT2D eigenvalue weighted by molar-refractivity contribution is 0.0862. The van der Waals surface area contributed by atoms with Gasteiger partial charge in [0.25, 0.3) is 5.91 Å². The molecule has 1 amide bonds. The molecule has 0 fully saturated rings. The van der Waals surface area contributed by atoms with Crippen LogP contribution >= 0.6 is 0 Å². The van der Waals surface area contributed by atoms with Crippen LogP contribution in [0.25, 0.3) is 11.1 Å². The number of amides is 1. The lowest BCUT2D eigenvalue weighted by Crippen LogP contribution is -2.51. The van der Waals surface area contributed by atoms with Crippen LogP contribution in [0, 0.1) is 0 Å². The average Bonchev–Trinajstić information content (AvgIpc) is 2.99. The van der Waals surface area contributed by atoms with Crippen molar-refractivity contribution in [2.45, 2.75) is 25.9 Å². The predicted octanol–water partition coefficient (Wildman–Crippen LogP) is 4.47. The van der Waals surface area contributed by atoms with Crippen LogP contribution in [-0.4, -0.2) is 16.0 Å². The second-order valence-electron chi connectivity index (χ2n) is 7.02. The maximum Gasteiger partial charge on any atom is 0.268 e. The highest BCUT2D eigenvalue weighted by Gasteiger charge is 2.30. The predicted molar refractivity (Wildman–Crippen MR) is 97.9 cm³/mol. The van der Waals surface area contributed by atoms with E-state index in [2.05, 4.69) is 5.32 Å². The van der Waals surface area contributed by atoms with Crippen molar-refractivity contribution in [2.75, 3.05) is 0 Å². The fraction of sp³-hybridized carbons (Fsp3) is 0.190. The van der Waals surface area contributed by atoms with Crippen molar-refractivity contribution in [3.8, 4) is 22.6 Å². The zero-order chi connectivity index (χ0) is 17.4. The summed E-state index contributed by atoms with van der Waals surface area (Å²) in [5.41, 5.74) is 2.58. The summed E-state index contributed by atoms with van der Waals surface area (Å²) in [4.78, 5) is 12.3. The molecular formula is C21H20N2O2. The quantitative estimate of drug-likeness (QED) is 0.769. The van der Waals surface area contributed by atoms with Crippen molar-refractivity contribution in [2.24, 2.45) is 0 Å². The number of para-hydroxylation sites is 1. The third kappa shape index (κ3) is 3.15. The topological polar surface area (TPSA) is 43.3 Å². The molecule has 0 atom stereocenters. The summed E-state index contributed by atoms with van der Waals surface area (Å²) in [5.74, 6) is 1.58. The summed E-state index contributed by atoms with van der Waals surface area (Å²) in [5, 5.41) is 3.03. The number of carbonyl (C=O) groups is 1. The molecule has 0 aliphatic carbocycles. The van der Waals surface area contributed by atoms with E-state index in [9.17, 15) is 4.79 Å². The van der Waals surface area contributed by atoms with E-state index in [1.807, 2.05) is 85.3 Å². The average molecular weight is 332 g/mol. The van der Waals surface area contributed by atoms with Crippen LogP contribution in [-0.2, 0) is 6.54 Å². The maximum absolute atomic E-state index is 12.3. The van der Waals surface area contributed by atoms with E-state index in [4.69, 9.17) is 4.74 Å². The van der Waals surface area contributed by atoms with Gasteiger partial charge in [0.05, 0.1) is 5.54 Å². The third-order valence-electron chi connectivity index (χ3n) is 4.31. The minimum Gasteiger partial charge on any atom is -0.457 e. The molecule has 2 heterocycles. The molecule has 0 unspecified atom stereocenters. The van der Waals surface area contributed by atoms with Crippen LogP contribution in [0.4, 0.5) is 0 Å². The standard InChI is InChI=1S/C21H20N2O2/c1-21(2)14-23-13-16(12-19(23)20(24)22-21)15-8-10-18(11-9-15)25-17-6-4-3-5-7-17/h3-13H,14H2,1-2H3,(H,22,24). The van der Waals surface area contributed by atoms with Crippen LogP contribution < -0.4 is 10.1 Å². The zero-order valence-electron chi connectivity index (χ0n) is 14.3. The lowest BCUT2D eigenvalue weighted by Gasteiger charge is -2.32. The van der Waals surface area contributed by atoms with Crippen LogP contribution in [0.1, 0.15) is 24.3 Å². The maximum atomic E-state index is 12.3. The van der Waals surface area contributed by atoms with Crippen LogP contribution in [0.5, 0.6) is 11.5 Å². The normalized spacial score (nSPS) is 15.4. The van der Waals surface area contributed by atoms with Crippen molar-refractivity contribution in [1.82, 2.24) is 9.88 Å². The van der Waals surface area contributed by atoms with Gasteiger partial charge in [0.1, 0.15) is 17.2 Å². The van der Waals surface area contributed by atoms with E-state index in [1.54, 1.807) is 0 Å². The molecule has 0 bridgehead atoms. The molecule has 1 aliphatic heterocycles. The highest BCUT2D eigenvalue weighted by molar-refractivity contribution is 5.95. The number of nitrogens with one attached hydrogen (secondary N) is 1. The molecule has 0 saturated carbocycles. The molecule has 0 radical (unpaired) electrons. The number of benzene rings is 2. The Morgan fingerprint density at radius 2 is 1.64 bits per heavy atom. The summed E-state index contributed by atoms with van der Waals surface area (Å²) in [6.07, 6.45) is 2.04. The van der Waals surface area contributed by atoms with E-state index in [0.29, 0.717) is 5.69 Å². The third-order valence-corrected chi connectivity index (χ3v) is 4.31. The second-order valence-corrected chi connectivity index (χ2v) is 7.02. The molecule has 1 aliphatic rings. The molecule has 1 aromatic heterocycles. The molecule has 2 aromatic carbocycles.